The maximum Gasteiger partial charge on any atom is 0.293 e. The van der Waals surface area contributed by atoms with Crippen LogP contribution < -0.4 is 16.2 Å². The predicted octanol–water partition coefficient (Wildman–Crippen LogP) is 0.345. The number of nitrogens with two attached hydrogens (primary N) is 1. The highest BCUT2D eigenvalue weighted by atomic mass is 16.1. The Balaban J connectivity index is 2.56. The molecule has 2 N–H and O–H groups in total. The van der Waals surface area contributed by atoms with Crippen molar-refractivity contribution in [3.8, 4) is 0 Å². The van der Waals surface area contributed by atoms with E-state index in [2.05, 4.69) is 4.98 Å². The Morgan fingerprint density at radius 1 is 1.44 bits per heavy atom. The van der Waals surface area contributed by atoms with Crippen molar-refractivity contribution in [1.82, 2.24) is 9.55 Å². The van der Waals surface area contributed by atoms with Crippen LogP contribution in [0, 0.1) is 0 Å². The zero-order valence-electron chi connectivity index (χ0n) is 10.0. The molecule has 0 atom stereocenters. The van der Waals surface area contributed by atoms with E-state index in [9.17, 15) is 4.79 Å². The number of unbranched alkanes of at least 4 members (excludes halogenated alkanes) is 2. The second-order valence-corrected chi connectivity index (χ2v) is 3.94. The summed E-state index contributed by atoms with van der Waals surface area (Å²) in [6.45, 7) is 1.57. The summed E-state index contributed by atoms with van der Waals surface area (Å²) >= 11 is 0. The normalized spacial score (nSPS) is 10.4. The first kappa shape index (κ1) is 12.7. The van der Waals surface area contributed by atoms with E-state index in [1.165, 1.54) is 0 Å². The molecule has 0 aliphatic carbocycles. The van der Waals surface area contributed by atoms with Gasteiger partial charge in [-0.15, -0.1) is 0 Å². The molecule has 0 amide bonds. The summed E-state index contributed by atoms with van der Waals surface area (Å²) in [4.78, 5) is 17.7. The lowest BCUT2D eigenvalue weighted by molar-refractivity contribution is 0.671. The molecule has 90 valence electrons. The molecule has 1 heterocycles. The average molecular weight is 224 g/mol. The Labute approximate surface area is 95.9 Å². The van der Waals surface area contributed by atoms with Crippen molar-refractivity contribution in [2.24, 2.45) is 12.8 Å². The van der Waals surface area contributed by atoms with Gasteiger partial charge in [0.05, 0.1) is 0 Å². The molecule has 5 nitrogen and oxygen atoms in total. The SMILES string of the molecule is CN(CCCCCN)c1nccn(C)c1=O. The molecular formula is C11H20N4O. The minimum atomic E-state index is -0.0520. The van der Waals surface area contributed by atoms with E-state index in [0.717, 1.165) is 32.4 Å². The summed E-state index contributed by atoms with van der Waals surface area (Å²) in [5.41, 5.74) is 5.37. The average Bonchev–Trinajstić information content (AvgIpc) is 2.28. The van der Waals surface area contributed by atoms with Crippen LogP contribution in [0.2, 0.25) is 0 Å². The van der Waals surface area contributed by atoms with Crippen molar-refractivity contribution in [2.75, 3.05) is 25.0 Å². The molecule has 0 aliphatic heterocycles. The van der Waals surface area contributed by atoms with Crippen molar-refractivity contribution in [3.05, 3.63) is 22.7 Å². The van der Waals surface area contributed by atoms with Crippen molar-refractivity contribution < 1.29 is 0 Å². The molecule has 0 aromatic carbocycles. The molecule has 1 aromatic heterocycles. The van der Waals surface area contributed by atoms with Gasteiger partial charge in [0.15, 0.2) is 5.82 Å². The first-order valence-electron chi connectivity index (χ1n) is 5.59. The Morgan fingerprint density at radius 2 is 2.19 bits per heavy atom. The van der Waals surface area contributed by atoms with Gasteiger partial charge in [0.25, 0.3) is 5.56 Å². The number of hydrogen-bond acceptors (Lipinski definition) is 4. The predicted molar refractivity (Wildman–Crippen MR) is 65.7 cm³/mol. The summed E-state index contributed by atoms with van der Waals surface area (Å²) < 4.78 is 1.54. The van der Waals surface area contributed by atoms with Crippen LogP contribution in [0.25, 0.3) is 0 Å². The maximum atomic E-state index is 11.7. The summed E-state index contributed by atoms with van der Waals surface area (Å²) in [7, 11) is 3.63. The molecular weight excluding hydrogens is 204 g/mol. The van der Waals surface area contributed by atoms with Crippen LogP contribution in [0.1, 0.15) is 19.3 Å². The Morgan fingerprint density at radius 3 is 2.88 bits per heavy atom. The van der Waals surface area contributed by atoms with E-state index < -0.39 is 0 Å². The lowest BCUT2D eigenvalue weighted by Crippen LogP contribution is -2.30. The minimum absolute atomic E-state index is 0.0520. The highest BCUT2D eigenvalue weighted by Crippen LogP contribution is 2.03. The van der Waals surface area contributed by atoms with Gasteiger partial charge in [-0.1, -0.05) is 6.42 Å². The van der Waals surface area contributed by atoms with Gasteiger partial charge in [-0.3, -0.25) is 4.79 Å². The van der Waals surface area contributed by atoms with E-state index in [-0.39, 0.29) is 5.56 Å². The molecule has 0 fully saturated rings. The van der Waals surface area contributed by atoms with Crippen molar-refractivity contribution >= 4 is 5.82 Å². The standard InChI is InChI=1S/C11H20N4O/c1-14(8-5-3-4-6-12)10-11(16)15(2)9-7-13-10/h7,9H,3-6,8,12H2,1-2H3. The van der Waals surface area contributed by atoms with Crippen molar-refractivity contribution in [2.45, 2.75) is 19.3 Å². The number of anilines is 1. The smallest absolute Gasteiger partial charge is 0.293 e. The molecule has 1 aromatic rings. The van der Waals surface area contributed by atoms with Crippen LogP contribution in [0.4, 0.5) is 5.82 Å². The molecule has 0 unspecified atom stereocenters. The first-order chi connectivity index (χ1) is 7.66. The van der Waals surface area contributed by atoms with E-state index in [1.807, 2.05) is 11.9 Å². The maximum absolute atomic E-state index is 11.7. The van der Waals surface area contributed by atoms with Crippen molar-refractivity contribution in [1.29, 1.82) is 0 Å². The fourth-order valence-corrected chi connectivity index (χ4v) is 1.52. The van der Waals surface area contributed by atoms with Crippen LogP contribution in [-0.4, -0.2) is 29.7 Å². The molecule has 0 spiro atoms. The molecule has 0 saturated carbocycles. The zero-order chi connectivity index (χ0) is 12.0. The monoisotopic (exact) mass is 224 g/mol. The van der Waals surface area contributed by atoms with E-state index in [0.29, 0.717) is 5.82 Å². The van der Waals surface area contributed by atoms with Gasteiger partial charge in [0.1, 0.15) is 0 Å². The summed E-state index contributed by atoms with van der Waals surface area (Å²) in [5.74, 6) is 0.512. The third-order valence-corrected chi connectivity index (χ3v) is 2.56. The number of nitrogens with zero attached hydrogens (tertiary/aromatic N) is 3. The lowest BCUT2D eigenvalue weighted by Gasteiger charge is -2.17. The molecule has 0 bridgehead atoms. The molecule has 0 aliphatic rings. The van der Waals surface area contributed by atoms with E-state index >= 15 is 0 Å². The van der Waals surface area contributed by atoms with Crippen molar-refractivity contribution in [3.63, 3.8) is 0 Å². The van der Waals surface area contributed by atoms with Gasteiger partial charge in [0, 0.05) is 33.0 Å². The fourth-order valence-electron chi connectivity index (χ4n) is 1.52. The van der Waals surface area contributed by atoms with Crippen LogP contribution in [0.3, 0.4) is 0 Å². The molecule has 1 rings (SSSR count). The summed E-state index contributed by atoms with van der Waals surface area (Å²) in [6.07, 6.45) is 6.47. The van der Waals surface area contributed by atoms with Gasteiger partial charge in [-0.25, -0.2) is 4.98 Å². The van der Waals surface area contributed by atoms with Crippen LogP contribution in [-0.2, 0) is 7.05 Å². The van der Waals surface area contributed by atoms with Gasteiger partial charge < -0.3 is 15.2 Å². The number of aromatic nitrogens is 2. The van der Waals surface area contributed by atoms with Gasteiger partial charge in [0.2, 0.25) is 0 Å². The third-order valence-electron chi connectivity index (χ3n) is 2.56. The van der Waals surface area contributed by atoms with Gasteiger partial charge in [-0.05, 0) is 19.4 Å². The van der Waals surface area contributed by atoms with E-state index in [4.69, 9.17) is 5.73 Å². The summed E-state index contributed by atoms with van der Waals surface area (Å²) in [5, 5.41) is 0. The minimum Gasteiger partial charge on any atom is -0.355 e. The van der Waals surface area contributed by atoms with Crippen LogP contribution in [0.15, 0.2) is 17.2 Å². The number of hydrogen-bond donors (Lipinski definition) is 1. The second-order valence-electron chi connectivity index (χ2n) is 3.94. The molecule has 0 radical (unpaired) electrons. The third kappa shape index (κ3) is 3.34. The highest BCUT2D eigenvalue weighted by Gasteiger charge is 2.07. The largest absolute Gasteiger partial charge is 0.355 e. The Hall–Kier alpha value is -1.36. The lowest BCUT2D eigenvalue weighted by atomic mass is 10.2. The quantitative estimate of drug-likeness (QED) is 0.708. The zero-order valence-corrected chi connectivity index (χ0v) is 10.0. The topological polar surface area (TPSA) is 64.2 Å². The van der Waals surface area contributed by atoms with Gasteiger partial charge in [-0.2, -0.15) is 0 Å². The number of aryl methyl sites for hydroxylation is 1. The summed E-state index contributed by atoms with van der Waals surface area (Å²) in [6, 6.07) is 0. The highest BCUT2D eigenvalue weighted by molar-refractivity contribution is 5.33. The second kappa shape index (κ2) is 6.27. The first-order valence-corrected chi connectivity index (χ1v) is 5.59. The Bertz CT molecular complexity index is 374. The number of rotatable bonds is 6. The van der Waals surface area contributed by atoms with Gasteiger partial charge >= 0.3 is 0 Å². The Kier molecular flexibility index (Phi) is 4.98. The molecule has 16 heavy (non-hydrogen) atoms. The molecule has 0 saturated heterocycles. The fraction of sp³-hybridized carbons (Fsp3) is 0.636. The van der Waals surface area contributed by atoms with E-state index in [1.54, 1.807) is 24.0 Å². The van der Waals surface area contributed by atoms with Crippen LogP contribution >= 0.6 is 0 Å². The van der Waals surface area contributed by atoms with Crippen LogP contribution in [0.5, 0.6) is 0 Å². The molecule has 5 heteroatoms.